The van der Waals surface area contributed by atoms with E-state index in [4.69, 9.17) is 13.2 Å². The van der Waals surface area contributed by atoms with Crippen LogP contribution in [0.25, 0.3) is 0 Å². The maximum Gasteiger partial charge on any atom is 0.445 e. The van der Waals surface area contributed by atoms with E-state index in [2.05, 4.69) is 27.7 Å². The minimum absolute atomic E-state index is 0.0923. The molecule has 3 saturated carbocycles. The Morgan fingerprint density at radius 2 is 1.90 bits per heavy atom. The third kappa shape index (κ3) is 4.22. The normalized spacial score (nSPS) is 39.0. The van der Waals surface area contributed by atoms with Gasteiger partial charge in [0.1, 0.15) is 6.26 Å². The first-order valence-corrected chi connectivity index (χ1v) is 13.2. The molecule has 1 aromatic rings. The van der Waals surface area contributed by atoms with Gasteiger partial charge in [0.25, 0.3) is 0 Å². The Kier molecular flexibility index (Phi) is 5.87. The van der Waals surface area contributed by atoms with Crippen LogP contribution in [0.4, 0.5) is 0 Å². The van der Waals surface area contributed by atoms with Crippen LogP contribution in [-0.4, -0.2) is 13.0 Å². The summed E-state index contributed by atoms with van der Waals surface area (Å²) in [6.07, 6.45) is 14.8. The summed E-state index contributed by atoms with van der Waals surface area (Å²) in [5.74, 6) is 1.57. The van der Waals surface area contributed by atoms with Crippen molar-refractivity contribution in [2.45, 2.75) is 85.5 Å². The number of rotatable bonds is 5. The second-order valence-electron chi connectivity index (χ2n) is 11.5. The topological polar surface area (TPSA) is 76.7 Å². The van der Waals surface area contributed by atoms with Gasteiger partial charge in [0.05, 0.1) is 12.5 Å². The Labute approximate surface area is 187 Å². The molecule has 1 unspecified atom stereocenters. The number of fused-ring (bicyclic) bond motifs is 3. The van der Waals surface area contributed by atoms with Crippen LogP contribution in [0.15, 0.2) is 34.8 Å². The molecule has 31 heavy (non-hydrogen) atoms. The van der Waals surface area contributed by atoms with Crippen LogP contribution in [0.2, 0.25) is 0 Å². The Balaban J connectivity index is 1.68. The van der Waals surface area contributed by atoms with Crippen LogP contribution < -0.4 is 0 Å². The fourth-order valence-electron chi connectivity index (χ4n) is 8.20. The minimum atomic E-state index is -4.49. The second kappa shape index (κ2) is 7.95. The predicted molar refractivity (Wildman–Crippen MR) is 121 cm³/mol. The highest BCUT2D eigenvalue weighted by Gasteiger charge is 2.61. The third-order valence-electron chi connectivity index (χ3n) is 9.43. The number of allylic oxidation sites excluding steroid dienone is 1. The Hall–Kier alpha value is -1.27. The molecule has 0 radical (unpaired) electrons. The fourth-order valence-corrected chi connectivity index (χ4v) is 8.44. The highest BCUT2D eigenvalue weighted by Crippen LogP contribution is 2.69. The van der Waals surface area contributed by atoms with Crippen LogP contribution in [-0.2, 0) is 21.0 Å². The summed E-state index contributed by atoms with van der Waals surface area (Å²) < 4.78 is 41.7. The van der Waals surface area contributed by atoms with Crippen LogP contribution in [0.5, 0.6) is 0 Å². The first-order valence-electron chi connectivity index (χ1n) is 11.8. The first-order chi connectivity index (χ1) is 14.5. The van der Waals surface area contributed by atoms with Gasteiger partial charge >= 0.3 is 10.4 Å². The molecule has 5 nitrogen and oxygen atoms in total. The van der Waals surface area contributed by atoms with Gasteiger partial charge in [-0.15, -0.1) is 0 Å². The maximum atomic E-state index is 11.3. The number of aryl methyl sites for hydroxylation is 1. The zero-order valence-electron chi connectivity index (χ0n) is 19.4. The van der Waals surface area contributed by atoms with Gasteiger partial charge in [-0.05, 0) is 103 Å². The van der Waals surface area contributed by atoms with E-state index in [1.165, 1.54) is 37.5 Å². The molecule has 0 spiro atoms. The van der Waals surface area contributed by atoms with E-state index in [1.807, 2.05) is 6.07 Å². The number of furan rings is 1. The molecular weight excluding hydrogens is 412 g/mol. The zero-order chi connectivity index (χ0) is 22.5. The van der Waals surface area contributed by atoms with Crippen molar-refractivity contribution in [1.29, 1.82) is 0 Å². The monoisotopic (exact) mass is 450 g/mol. The van der Waals surface area contributed by atoms with E-state index in [-0.39, 0.29) is 11.3 Å². The lowest BCUT2D eigenvalue weighted by atomic mass is 9.39. The van der Waals surface area contributed by atoms with E-state index < -0.39 is 10.4 Å². The molecule has 0 saturated heterocycles. The smallest absolute Gasteiger partial charge is 0.445 e. The Morgan fingerprint density at radius 1 is 1.13 bits per heavy atom. The van der Waals surface area contributed by atoms with Crippen molar-refractivity contribution < 1.29 is 21.6 Å². The molecule has 6 heteroatoms. The molecule has 1 N–H and O–H groups in total. The molecule has 5 atom stereocenters. The van der Waals surface area contributed by atoms with Crippen molar-refractivity contribution in [2.24, 2.45) is 34.0 Å². The van der Waals surface area contributed by atoms with Crippen LogP contribution >= 0.6 is 0 Å². The SMILES string of the molecule is CC1(C)CCC[C@]2(C)[C@H]3CC/C(=C\OS(=O)(=O)O)C(CCc4ccoc4)[C@]3(C)CC[C@@H]12. The first kappa shape index (κ1) is 22.9. The summed E-state index contributed by atoms with van der Waals surface area (Å²) in [5.41, 5.74) is 2.98. The molecule has 0 aromatic carbocycles. The van der Waals surface area contributed by atoms with Crippen molar-refractivity contribution >= 4 is 10.4 Å². The van der Waals surface area contributed by atoms with Gasteiger partial charge in [0.2, 0.25) is 0 Å². The van der Waals surface area contributed by atoms with E-state index in [0.717, 1.165) is 43.6 Å². The second-order valence-corrected chi connectivity index (χ2v) is 12.5. The van der Waals surface area contributed by atoms with Crippen molar-refractivity contribution in [3.8, 4) is 0 Å². The molecule has 3 aliphatic rings. The van der Waals surface area contributed by atoms with Crippen molar-refractivity contribution in [3.63, 3.8) is 0 Å². The lowest BCUT2D eigenvalue weighted by Gasteiger charge is -2.66. The third-order valence-corrected chi connectivity index (χ3v) is 9.77. The summed E-state index contributed by atoms with van der Waals surface area (Å²) in [5, 5.41) is 0. The molecule has 3 aliphatic carbocycles. The van der Waals surface area contributed by atoms with Crippen LogP contribution in [0.1, 0.15) is 84.6 Å². The summed E-state index contributed by atoms with van der Waals surface area (Å²) >= 11 is 0. The fraction of sp³-hybridized carbons (Fsp3) is 0.760. The van der Waals surface area contributed by atoms with E-state index >= 15 is 0 Å². The Morgan fingerprint density at radius 3 is 2.58 bits per heavy atom. The quantitative estimate of drug-likeness (QED) is 0.405. The van der Waals surface area contributed by atoms with Crippen LogP contribution in [0, 0.1) is 34.0 Å². The van der Waals surface area contributed by atoms with Gasteiger partial charge in [-0.1, -0.05) is 34.1 Å². The number of hydrogen-bond donors (Lipinski definition) is 1. The molecule has 4 rings (SSSR count). The average Bonchev–Trinajstić information content (AvgIpc) is 3.17. The molecule has 3 fully saturated rings. The number of hydrogen-bond acceptors (Lipinski definition) is 4. The zero-order valence-corrected chi connectivity index (χ0v) is 20.2. The van der Waals surface area contributed by atoms with Crippen LogP contribution in [0.3, 0.4) is 0 Å². The van der Waals surface area contributed by atoms with Gasteiger partial charge in [0, 0.05) is 0 Å². The van der Waals surface area contributed by atoms with Gasteiger partial charge in [0.15, 0.2) is 0 Å². The largest absolute Gasteiger partial charge is 0.472 e. The van der Waals surface area contributed by atoms with Crippen molar-refractivity contribution in [1.82, 2.24) is 0 Å². The Bertz CT molecular complexity index is 916. The average molecular weight is 451 g/mol. The lowest BCUT2D eigenvalue weighted by Crippen LogP contribution is -2.58. The van der Waals surface area contributed by atoms with Crippen molar-refractivity contribution in [3.05, 3.63) is 36.0 Å². The highest BCUT2D eigenvalue weighted by molar-refractivity contribution is 7.81. The predicted octanol–water partition coefficient (Wildman–Crippen LogP) is 6.57. The summed E-state index contributed by atoms with van der Waals surface area (Å²) in [6, 6.07) is 2.00. The molecule has 1 heterocycles. The lowest BCUT2D eigenvalue weighted by molar-refractivity contribution is -0.154. The highest BCUT2D eigenvalue weighted by atomic mass is 32.3. The van der Waals surface area contributed by atoms with E-state index in [0.29, 0.717) is 16.7 Å². The van der Waals surface area contributed by atoms with E-state index in [9.17, 15) is 8.42 Å². The maximum absolute atomic E-state index is 11.3. The van der Waals surface area contributed by atoms with Gasteiger partial charge < -0.3 is 8.60 Å². The molecular formula is C25H38O5S. The molecule has 0 bridgehead atoms. The molecule has 1 aromatic heterocycles. The minimum Gasteiger partial charge on any atom is -0.472 e. The summed E-state index contributed by atoms with van der Waals surface area (Å²) in [7, 11) is -4.49. The van der Waals surface area contributed by atoms with Crippen molar-refractivity contribution in [2.75, 3.05) is 0 Å². The summed E-state index contributed by atoms with van der Waals surface area (Å²) in [6.45, 7) is 9.89. The molecule has 0 amide bonds. The standard InChI is InChI=1S/C25H38O5S/c1-23(2)12-5-13-25(4)21(23)10-14-24(3)20(8-6-18-11-15-29-16-18)19(7-9-22(24)25)17-30-31(26,27)28/h11,15-17,20-22H,5-10,12-14H2,1-4H3,(H,26,27,28)/b19-17+/t20?,21-,22-,24-,25-/m0/s1. The van der Waals surface area contributed by atoms with Gasteiger partial charge in [-0.3, -0.25) is 4.55 Å². The van der Waals surface area contributed by atoms with Gasteiger partial charge in [-0.2, -0.15) is 8.42 Å². The summed E-state index contributed by atoms with van der Waals surface area (Å²) in [4.78, 5) is 0. The molecule has 0 aliphatic heterocycles. The molecule has 174 valence electrons. The van der Waals surface area contributed by atoms with E-state index in [1.54, 1.807) is 12.5 Å². The van der Waals surface area contributed by atoms with Gasteiger partial charge in [-0.25, -0.2) is 0 Å².